The van der Waals surface area contributed by atoms with E-state index in [1.54, 1.807) is 0 Å². The highest BCUT2D eigenvalue weighted by atomic mass is 15.2. The van der Waals surface area contributed by atoms with Crippen LogP contribution in [-0.4, -0.2) is 23.3 Å². The highest BCUT2D eigenvalue weighted by Gasteiger charge is 2.27. The van der Waals surface area contributed by atoms with Crippen molar-refractivity contribution < 1.29 is 0 Å². The van der Waals surface area contributed by atoms with Crippen LogP contribution in [0.25, 0.3) is 0 Å². The van der Waals surface area contributed by atoms with Gasteiger partial charge in [0.05, 0.1) is 5.84 Å². The predicted octanol–water partition coefficient (Wildman–Crippen LogP) is 2.00. The van der Waals surface area contributed by atoms with E-state index in [0.29, 0.717) is 0 Å². The van der Waals surface area contributed by atoms with Gasteiger partial charge in [-0.25, -0.2) is 0 Å². The first kappa shape index (κ1) is 7.14. The summed E-state index contributed by atoms with van der Waals surface area (Å²) in [6.45, 7) is 1.16. The fraction of sp³-hybridized carbons (Fsp3) is 0.889. The van der Waals surface area contributed by atoms with Crippen LogP contribution in [0.15, 0.2) is 0 Å². The quantitative estimate of drug-likeness (QED) is 0.611. The van der Waals surface area contributed by atoms with Crippen LogP contribution < -0.4 is 0 Å². The van der Waals surface area contributed by atoms with E-state index in [0.717, 1.165) is 24.8 Å². The van der Waals surface area contributed by atoms with Crippen LogP contribution in [0, 0.1) is 5.41 Å². The molecule has 0 amide bonds. The summed E-state index contributed by atoms with van der Waals surface area (Å²) in [5.41, 5.74) is 0. The van der Waals surface area contributed by atoms with Crippen LogP contribution in [0.4, 0.5) is 0 Å². The van der Waals surface area contributed by atoms with Gasteiger partial charge in [0.1, 0.15) is 0 Å². The van der Waals surface area contributed by atoms with Gasteiger partial charge < -0.3 is 4.90 Å². The molecule has 62 valence electrons. The van der Waals surface area contributed by atoms with Crippen LogP contribution >= 0.6 is 0 Å². The fourth-order valence-electron chi connectivity index (χ4n) is 2.31. The van der Waals surface area contributed by atoms with Gasteiger partial charge in [-0.05, 0) is 19.3 Å². The van der Waals surface area contributed by atoms with Crippen molar-refractivity contribution in [3.05, 3.63) is 0 Å². The lowest BCUT2D eigenvalue weighted by Crippen LogP contribution is -2.33. The lowest BCUT2D eigenvalue weighted by atomic mass is 10.2. The third kappa shape index (κ3) is 1.26. The standard InChI is InChI=1S/C9H16N2/c10-9-6-3-7-11(9)8-4-1-2-5-8/h8,10H,1-7H2. The predicted molar refractivity (Wildman–Crippen MR) is 45.9 cm³/mol. The van der Waals surface area contributed by atoms with Gasteiger partial charge in [0.2, 0.25) is 0 Å². The molecule has 0 aromatic rings. The van der Waals surface area contributed by atoms with E-state index in [-0.39, 0.29) is 0 Å². The minimum atomic E-state index is 0.741. The zero-order valence-corrected chi connectivity index (χ0v) is 6.97. The summed E-state index contributed by atoms with van der Waals surface area (Å²) in [5.74, 6) is 0.900. The highest BCUT2D eigenvalue weighted by Crippen LogP contribution is 2.26. The van der Waals surface area contributed by atoms with Crippen molar-refractivity contribution in [1.29, 1.82) is 5.41 Å². The molecule has 2 aliphatic rings. The molecule has 0 aromatic heterocycles. The highest BCUT2D eigenvalue weighted by molar-refractivity contribution is 5.81. The number of hydrogen-bond acceptors (Lipinski definition) is 1. The average Bonchev–Trinajstić information content (AvgIpc) is 2.55. The average molecular weight is 152 g/mol. The molecule has 2 nitrogen and oxygen atoms in total. The minimum absolute atomic E-state index is 0.741. The van der Waals surface area contributed by atoms with Crippen molar-refractivity contribution in [2.45, 2.75) is 44.6 Å². The van der Waals surface area contributed by atoms with E-state index < -0.39 is 0 Å². The Hall–Kier alpha value is -0.530. The summed E-state index contributed by atoms with van der Waals surface area (Å²) >= 11 is 0. The van der Waals surface area contributed by atoms with Gasteiger partial charge in [0.15, 0.2) is 0 Å². The molecule has 0 radical (unpaired) electrons. The molecule has 0 bridgehead atoms. The third-order valence-electron chi connectivity index (χ3n) is 2.92. The summed E-state index contributed by atoms with van der Waals surface area (Å²) in [4.78, 5) is 2.33. The Morgan fingerprint density at radius 1 is 1.18 bits per heavy atom. The van der Waals surface area contributed by atoms with Crippen molar-refractivity contribution in [3.8, 4) is 0 Å². The monoisotopic (exact) mass is 152 g/mol. The second-order valence-corrected chi connectivity index (χ2v) is 3.68. The van der Waals surface area contributed by atoms with Gasteiger partial charge in [-0.3, -0.25) is 5.41 Å². The number of amidine groups is 1. The Labute approximate surface area is 68.1 Å². The molecule has 0 atom stereocenters. The van der Waals surface area contributed by atoms with Gasteiger partial charge in [-0.1, -0.05) is 12.8 Å². The summed E-state index contributed by atoms with van der Waals surface area (Å²) < 4.78 is 0. The second-order valence-electron chi connectivity index (χ2n) is 3.68. The molecule has 2 heteroatoms. The van der Waals surface area contributed by atoms with E-state index >= 15 is 0 Å². The SMILES string of the molecule is N=C1CCCN1C1CCCC1. The van der Waals surface area contributed by atoms with E-state index in [1.807, 2.05) is 0 Å². The molecule has 1 saturated heterocycles. The molecule has 2 rings (SSSR count). The molecule has 1 heterocycles. The van der Waals surface area contributed by atoms with Crippen molar-refractivity contribution in [2.24, 2.45) is 0 Å². The molecule has 1 N–H and O–H groups in total. The molecule has 11 heavy (non-hydrogen) atoms. The zero-order valence-electron chi connectivity index (χ0n) is 6.97. The van der Waals surface area contributed by atoms with Crippen molar-refractivity contribution in [2.75, 3.05) is 6.54 Å². The molecular weight excluding hydrogens is 136 g/mol. The summed E-state index contributed by atoms with van der Waals surface area (Å²) in [6, 6.07) is 0.741. The van der Waals surface area contributed by atoms with Crippen LogP contribution in [0.2, 0.25) is 0 Å². The largest absolute Gasteiger partial charge is 0.358 e. The summed E-state index contributed by atoms with van der Waals surface area (Å²) in [6.07, 6.45) is 7.68. The van der Waals surface area contributed by atoms with Crippen LogP contribution in [0.5, 0.6) is 0 Å². The Balaban J connectivity index is 1.97. The molecule has 1 aliphatic heterocycles. The van der Waals surface area contributed by atoms with Crippen molar-refractivity contribution >= 4 is 5.84 Å². The number of rotatable bonds is 1. The van der Waals surface area contributed by atoms with Gasteiger partial charge >= 0.3 is 0 Å². The van der Waals surface area contributed by atoms with Crippen molar-refractivity contribution in [3.63, 3.8) is 0 Å². The molecule has 1 saturated carbocycles. The summed E-state index contributed by atoms with van der Waals surface area (Å²) in [7, 11) is 0. The van der Waals surface area contributed by atoms with Crippen molar-refractivity contribution in [1.82, 2.24) is 4.90 Å². The van der Waals surface area contributed by atoms with Crippen LogP contribution in [0.1, 0.15) is 38.5 Å². The van der Waals surface area contributed by atoms with E-state index in [9.17, 15) is 0 Å². The summed E-state index contributed by atoms with van der Waals surface area (Å²) in [5, 5.41) is 7.70. The Morgan fingerprint density at radius 2 is 1.91 bits per heavy atom. The van der Waals surface area contributed by atoms with Crippen LogP contribution in [0.3, 0.4) is 0 Å². The lowest BCUT2D eigenvalue weighted by Gasteiger charge is -2.25. The number of likely N-dealkylation sites (tertiary alicyclic amines) is 1. The van der Waals surface area contributed by atoms with Gasteiger partial charge in [0.25, 0.3) is 0 Å². The van der Waals surface area contributed by atoms with Gasteiger partial charge in [-0.15, -0.1) is 0 Å². The number of nitrogens with zero attached hydrogens (tertiary/aromatic N) is 1. The van der Waals surface area contributed by atoms with E-state index in [4.69, 9.17) is 5.41 Å². The first-order valence-electron chi connectivity index (χ1n) is 4.72. The van der Waals surface area contributed by atoms with Crippen LogP contribution in [-0.2, 0) is 0 Å². The lowest BCUT2D eigenvalue weighted by molar-refractivity contribution is 0.337. The maximum atomic E-state index is 7.70. The minimum Gasteiger partial charge on any atom is -0.358 e. The number of nitrogens with one attached hydrogen (secondary N) is 1. The van der Waals surface area contributed by atoms with Gasteiger partial charge in [0, 0.05) is 19.0 Å². The molecular formula is C9H16N2. The molecule has 0 unspecified atom stereocenters. The Kier molecular flexibility index (Phi) is 1.84. The molecule has 0 aromatic carbocycles. The second kappa shape index (κ2) is 2.84. The Bertz CT molecular complexity index is 159. The van der Waals surface area contributed by atoms with Gasteiger partial charge in [-0.2, -0.15) is 0 Å². The maximum absolute atomic E-state index is 7.70. The molecule has 2 fully saturated rings. The van der Waals surface area contributed by atoms with E-state index in [2.05, 4.69) is 4.90 Å². The third-order valence-corrected chi connectivity index (χ3v) is 2.92. The van der Waals surface area contributed by atoms with E-state index in [1.165, 1.54) is 32.1 Å². The zero-order chi connectivity index (χ0) is 7.68. The number of hydrogen-bond donors (Lipinski definition) is 1. The normalized spacial score (nSPS) is 26.9. The first-order chi connectivity index (χ1) is 5.38. The maximum Gasteiger partial charge on any atom is 0.0960 e. The first-order valence-corrected chi connectivity index (χ1v) is 4.72. The fourth-order valence-corrected chi connectivity index (χ4v) is 2.31. The smallest absolute Gasteiger partial charge is 0.0960 e. The molecule has 0 spiro atoms. The Morgan fingerprint density at radius 3 is 2.45 bits per heavy atom. The topological polar surface area (TPSA) is 27.1 Å². The molecule has 1 aliphatic carbocycles.